The zero-order chi connectivity index (χ0) is 15.2. The molecule has 1 saturated heterocycles. The fourth-order valence-corrected chi connectivity index (χ4v) is 3.13. The summed E-state index contributed by atoms with van der Waals surface area (Å²) in [6, 6.07) is 3.59. The minimum atomic E-state index is -0.294. The van der Waals surface area contributed by atoms with Crippen LogP contribution in [0.3, 0.4) is 0 Å². The molecule has 1 aliphatic heterocycles. The zero-order valence-corrected chi connectivity index (χ0v) is 13.3. The van der Waals surface area contributed by atoms with E-state index in [4.69, 9.17) is 11.6 Å². The van der Waals surface area contributed by atoms with Gasteiger partial charge in [0.1, 0.15) is 10.2 Å². The standard InChI is InChI=1S/C13H17ClN4O2S/c1-17(8-10-3-4-12(14)16-7-10)9-11(18(19)20)13-15-5-2-6-21-13/h3-4,7,15H,2,5-6,8-9H2,1H3. The average Bonchev–Trinajstić information content (AvgIpc) is 2.48. The van der Waals surface area contributed by atoms with E-state index in [1.54, 1.807) is 12.3 Å². The van der Waals surface area contributed by atoms with Gasteiger partial charge in [-0.25, -0.2) is 4.98 Å². The average molecular weight is 329 g/mol. The number of nitrogens with one attached hydrogen (secondary N) is 1. The van der Waals surface area contributed by atoms with E-state index in [9.17, 15) is 10.1 Å². The number of nitrogens with zero attached hydrogens (tertiary/aromatic N) is 3. The molecule has 21 heavy (non-hydrogen) atoms. The summed E-state index contributed by atoms with van der Waals surface area (Å²) in [5.41, 5.74) is 1.20. The molecule has 0 atom stereocenters. The molecule has 0 spiro atoms. The predicted octanol–water partition coefficient (Wildman–Crippen LogP) is 2.34. The third kappa shape index (κ3) is 4.87. The molecule has 0 radical (unpaired) electrons. The quantitative estimate of drug-likeness (QED) is 0.508. The summed E-state index contributed by atoms with van der Waals surface area (Å²) >= 11 is 7.26. The molecular formula is C13H17ClN4O2S. The highest BCUT2D eigenvalue weighted by Crippen LogP contribution is 2.22. The second-order valence-corrected chi connectivity index (χ2v) is 6.32. The summed E-state index contributed by atoms with van der Waals surface area (Å²) in [6.07, 6.45) is 2.72. The lowest BCUT2D eigenvalue weighted by atomic mass is 10.2. The molecule has 1 aromatic rings. The predicted molar refractivity (Wildman–Crippen MR) is 84.7 cm³/mol. The van der Waals surface area contributed by atoms with Crippen LogP contribution in [0.2, 0.25) is 5.15 Å². The topological polar surface area (TPSA) is 71.3 Å². The van der Waals surface area contributed by atoms with Gasteiger partial charge in [-0.05, 0) is 25.1 Å². The minimum Gasteiger partial charge on any atom is -0.374 e. The Balaban J connectivity index is 2.03. The molecule has 1 aromatic heterocycles. The Morgan fingerprint density at radius 2 is 2.43 bits per heavy atom. The molecule has 1 N–H and O–H groups in total. The van der Waals surface area contributed by atoms with Gasteiger partial charge in [-0.3, -0.25) is 15.0 Å². The Kier molecular flexibility index (Phi) is 5.84. The molecule has 0 unspecified atom stereocenters. The van der Waals surface area contributed by atoms with Gasteiger partial charge in [-0.2, -0.15) is 0 Å². The summed E-state index contributed by atoms with van der Waals surface area (Å²) in [6.45, 7) is 1.66. The zero-order valence-electron chi connectivity index (χ0n) is 11.7. The molecule has 8 heteroatoms. The first-order valence-corrected chi connectivity index (χ1v) is 7.96. The maximum atomic E-state index is 11.3. The fourth-order valence-electron chi connectivity index (χ4n) is 2.02. The Hall–Kier alpha value is -1.31. The van der Waals surface area contributed by atoms with Crippen LogP contribution in [0.5, 0.6) is 0 Å². The lowest BCUT2D eigenvalue weighted by Gasteiger charge is -2.19. The van der Waals surface area contributed by atoms with E-state index >= 15 is 0 Å². The Labute approximate surface area is 132 Å². The van der Waals surface area contributed by atoms with E-state index in [1.807, 2.05) is 18.0 Å². The maximum absolute atomic E-state index is 11.3. The molecule has 0 aliphatic carbocycles. The van der Waals surface area contributed by atoms with E-state index in [0.717, 1.165) is 24.3 Å². The third-order valence-electron chi connectivity index (χ3n) is 3.00. The Morgan fingerprint density at radius 1 is 1.62 bits per heavy atom. The molecule has 6 nitrogen and oxygen atoms in total. The maximum Gasteiger partial charge on any atom is 0.289 e. The smallest absolute Gasteiger partial charge is 0.289 e. The number of hydrogen-bond acceptors (Lipinski definition) is 6. The summed E-state index contributed by atoms with van der Waals surface area (Å²) in [7, 11) is 1.85. The molecule has 0 amide bonds. The second kappa shape index (κ2) is 7.63. The number of hydrogen-bond donors (Lipinski definition) is 1. The fraction of sp³-hybridized carbons (Fsp3) is 0.462. The van der Waals surface area contributed by atoms with Gasteiger partial charge in [-0.1, -0.05) is 17.7 Å². The van der Waals surface area contributed by atoms with Gasteiger partial charge in [0.15, 0.2) is 0 Å². The number of thioether (sulfide) groups is 1. The summed E-state index contributed by atoms with van der Waals surface area (Å²) in [5.74, 6) is 0.921. The Morgan fingerprint density at radius 3 is 3.00 bits per heavy atom. The molecule has 1 aliphatic rings. The third-order valence-corrected chi connectivity index (χ3v) is 4.38. The molecule has 0 saturated carbocycles. The van der Waals surface area contributed by atoms with Crippen molar-refractivity contribution in [1.29, 1.82) is 0 Å². The molecular weight excluding hydrogens is 312 g/mol. The first-order chi connectivity index (χ1) is 10.1. The van der Waals surface area contributed by atoms with E-state index in [1.165, 1.54) is 11.8 Å². The van der Waals surface area contributed by atoms with E-state index in [2.05, 4.69) is 10.3 Å². The summed E-state index contributed by atoms with van der Waals surface area (Å²) < 4.78 is 0. The highest BCUT2D eigenvalue weighted by atomic mass is 35.5. The van der Waals surface area contributed by atoms with E-state index in [-0.39, 0.29) is 17.2 Å². The van der Waals surface area contributed by atoms with Crippen molar-refractivity contribution in [3.8, 4) is 0 Å². The van der Waals surface area contributed by atoms with Gasteiger partial charge in [0, 0.05) is 25.0 Å². The molecule has 0 bridgehead atoms. The van der Waals surface area contributed by atoms with Crippen molar-refractivity contribution in [2.24, 2.45) is 0 Å². The number of pyridine rings is 1. The van der Waals surface area contributed by atoms with Gasteiger partial charge in [0.05, 0.1) is 11.5 Å². The molecule has 1 fully saturated rings. The van der Waals surface area contributed by atoms with Crippen molar-refractivity contribution in [1.82, 2.24) is 15.2 Å². The van der Waals surface area contributed by atoms with Gasteiger partial charge in [-0.15, -0.1) is 11.8 Å². The highest BCUT2D eigenvalue weighted by molar-refractivity contribution is 8.03. The summed E-state index contributed by atoms with van der Waals surface area (Å²) in [5, 5.41) is 15.5. The highest BCUT2D eigenvalue weighted by Gasteiger charge is 2.22. The molecule has 2 rings (SSSR count). The number of aromatic nitrogens is 1. The van der Waals surface area contributed by atoms with Crippen molar-refractivity contribution in [2.45, 2.75) is 13.0 Å². The minimum absolute atomic E-state index is 0.226. The second-order valence-electron chi connectivity index (χ2n) is 4.82. The largest absolute Gasteiger partial charge is 0.374 e. The lowest BCUT2D eigenvalue weighted by Crippen LogP contribution is -2.29. The normalized spacial score (nSPS) is 17.5. The van der Waals surface area contributed by atoms with Crippen LogP contribution in [0.15, 0.2) is 29.1 Å². The van der Waals surface area contributed by atoms with Gasteiger partial charge < -0.3 is 5.32 Å². The van der Waals surface area contributed by atoms with Crippen molar-refractivity contribution in [3.05, 3.63) is 49.9 Å². The molecule has 2 heterocycles. The van der Waals surface area contributed by atoms with Crippen LogP contribution in [-0.2, 0) is 6.54 Å². The van der Waals surface area contributed by atoms with Crippen LogP contribution in [0, 0.1) is 10.1 Å². The van der Waals surface area contributed by atoms with Gasteiger partial charge in [0.25, 0.3) is 5.70 Å². The van der Waals surface area contributed by atoms with Crippen LogP contribution < -0.4 is 5.32 Å². The van der Waals surface area contributed by atoms with E-state index < -0.39 is 0 Å². The van der Waals surface area contributed by atoms with E-state index in [0.29, 0.717) is 16.7 Å². The number of likely N-dealkylation sites (N-methyl/N-ethyl adjacent to an activating group) is 1. The van der Waals surface area contributed by atoms with Crippen LogP contribution >= 0.6 is 23.4 Å². The summed E-state index contributed by atoms with van der Waals surface area (Å²) in [4.78, 5) is 16.9. The molecule has 0 aromatic carbocycles. The van der Waals surface area contributed by atoms with Gasteiger partial charge in [0.2, 0.25) is 0 Å². The van der Waals surface area contributed by atoms with Crippen molar-refractivity contribution in [2.75, 3.05) is 25.9 Å². The van der Waals surface area contributed by atoms with Crippen LogP contribution in [0.25, 0.3) is 0 Å². The van der Waals surface area contributed by atoms with Crippen LogP contribution in [0.1, 0.15) is 12.0 Å². The monoisotopic (exact) mass is 328 g/mol. The van der Waals surface area contributed by atoms with Crippen LogP contribution in [-0.4, -0.2) is 40.7 Å². The number of rotatable bonds is 5. The number of halogens is 1. The van der Waals surface area contributed by atoms with Crippen LogP contribution in [0.4, 0.5) is 0 Å². The first-order valence-electron chi connectivity index (χ1n) is 6.59. The Bertz CT molecular complexity index is 527. The lowest BCUT2D eigenvalue weighted by molar-refractivity contribution is -0.428. The van der Waals surface area contributed by atoms with Gasteiger partial charge >= 0.3 is 0 Å². The SMILES string of the molecule is CN(CC(=C1NCCCS1)[N+](=O)[O-])Cc1ccc(Cl)nc1. The number of nitro groups is 1. The molecule has 114 valence electrons. The first kappa shape index (κ1) is 16.1. The van der Waals surface area contributed by atoms with Crippen molar-refractivity contribution in [3.63, 3.8) is 0 Å². The van der Waals surface area contributed by atoms with Crippen molar-refractivity contribution < 1.29 is 4.92 Å². The van der Waals surface area contributed by atoms with Crippen molar-refractivity contribution >= 4 is 23.4 Å².